The molecular weight excluding hydrogens is 467 g/mol. The molecule has 2 aliphatic rings. The molecule has 35 heavy (non-hydrogen) atoms. The molecule has 0 spiro atoms. The SMILES string of the molecule is O=C(O)C(F)(F)F.O=C(c1cc(-c2cnc(-c3cccnc3)nc2)cn1CC1CC1)N1CCCO1. The van der Waals surface area contributed by atoms with E-state index >= 15 is 0 Å². The maximum Gasteiger partial charge on any atom is 0.490 e. The maximum atomic E-state index is 12.9. The van der Waals surface area contributed by atoms with Crippen molar-refractivity contribution in [1.29, 1.82) is 0 Å². The fourth-order valence-corrected chi connectivity index (χ4v) is 3.43. The van der Waals surface area contributed by atoms with Crippen LogP contribution in [0.3, 0.4) is 0 Å². The molecule has 1 N–H and O–H groups in total. The van der Waals surface area contributed by atoms with Crippen LogP contribution in [0.4, 0.5) is 13.2 Å². The zero-order valence-corrected chi connectivity index (χ0v) is 18.5. The number of halogens is 3. The zero-order valence-electron chi connectivity index (χ0n) is 18.5. The molecule has 184 valence electrons. The number of aromatic nitrogens is 4. The number of carbonyl (C=O) groups is 2. The third kappa shape index (κ3) is 6.21. The smallest absolute Gasteiger partial charge is 0.475 e. The Kier molecular flexibility index (Phi) is 7.10. The minimum Gasteiger partial charge on any atom is -0.475 e. The van der Waals surface area contributed by atoms with Gasteiger partial charge in [0.25, 0.3) is 5.91 Å². The van der Waals surface area contributed by atoms with Crippen LogP contribution in [0.2, 0.25) is 0 Å². The monoisotopic (exact) mass is 489 g/mol. The van der Waals surface area contributed by atoms with E-state index in [1.807, 2.05) is 24.4 Å². The zero-order chi connectivity index (χ0) is 25.0. The number of hydroxylamine groups is 2. The molecule has 9 nitrogen and oxygen atoms in total. The average molecular weight is 489 g/mol. The lowest BCUT2D eigenvalue weighted by atomic mass is 10.1. The second-order valence-electron chi connectivity index (χ2n) is 8.14. The van der Waals surface area contributed by atoms with Crippen LogP contribution in [0.15, 0.2) is 49.2 Å². The van der Waals surface area contributed by atoms with Gasteiger partial charge in [0.15, 0.2) is 5.82 Å². The fraction of sp³-hybridized carbons (Fsp3) is 0.348. The summed E-state index contributed by atoms with van der Waals surface area (Å²) in [5.41, 5.74) is 3.38. The van der Waals surface area contributed by atoms with Crippen LogP contribution in [0.5, 0.6) is 0 Å². The molecule has 1 amide bonds. The van der Waals surface area contributed by atoms with Crippen molar-refractivity contribution in [3.8, 4) is 22.5 Å². The van der Waals surface area contributed by atoms with Gasteiger partial charge in [-0.2, -0.15) is 13.2 Å². The number of carboxylic acids is 1. The largest absolute Gasteiger partial charge is 0.490 e. The maximum absolute atomic E-state index is 12.9. The molecule has 1 saturated heterocycles. The Bertz CT molecular complexity index is 1170. The Labute approximate surface area is 198 Å². The Hall–Kier alpha value is -3.80. The molecule has 1 aliphatic heterocycles. The van der Waals surface area contributed by atoms with Crippen molar-refractivity contribution < 1.29 is 32.7 Å². The van der Waals surface area contributed by atoms with Crippen LogP contribution in [0.25, 0.3) is 22.5 Å². The lowest BCUT2D eigenvalue weighted by molar-refractivity contribution is -0.192. The lowest BCUT2D eigenvalue weighted by Crippen LogP contribution is -2.28. The molecule has 12 heteroatoms. The summed E-state index contributed by atoms with van der Waals surface area (Å²) in [6.45, 7) is 2.11. The van der Waals surface area contributed by atoms with Crippen molar-refractivity contribution in [2.45, 2.75) is 32.0 Å². The number of aliphatic carboxylic acids is 1. The van der Waals surface area contributed by atoms with Crippen LogP contribution < -0.4 is 0 Å². The summed E-state index contributed by atoms with van der Waals surface area (Å²) in [6, 6.07) is 5.72. The lowest BCUT2D eigenvalue weighted by Gasteiger charge is -2.15. The van der Waals surface area contributed by atoms with Crippen molar-refractivity contribution in [1.82, 2.24) is 24.6 Å². The average Bonchev–Trinajstić information content (AvgIpc) is 3.32. The van der Waals surface area contributed by atoms with Gasteiger partial charge in [-0.05, 0) is 43.4 Å². The summed E-state index contributed by atoms with van der Waals surface area (Å²) in [5.74, 6) is -1.53. The molecule has 4 heterocycles. The minimum absolute atomic E-state index is 0.0719. The number of pyridine rings is 1. The Morgan fingerprint density at radius 1 is 1.11 bits per heavy atom. The van der Waals surface area contributed by atoms with Gasteiger partial charge in [-0.15, -0.1) is 0 Å². The highest BCUT2D eigenvalue weighted by Crippen LogP contribution is 2.33. The van der Waals surface area contributed by atoms with Gasteiger partial charge in [0.1, 0.15) is 5.69 Å². The quantitative estimate of drug-likeness (QED) is 0.580. The Balaban J connectivity index is 0.000000364. The van der Waals surface area contributed by atoms with Crippen LogP contribution in [0.1, 0.15) is 29.8 Å². The van der Waals surface area contributed by atoms with E-state index in [4.69, 9.17) is 14.7 Å². The van der Waals surface area contributed by atoms with Crippen LogP contribution in [0, 0.1) is 5.92 Å². The van der Waals surface area contributed by atoms with E-state index in [0.717, 1.165) is 29.7 Å². The molecule has 0 unspecified atom stereocenters. The number of alkyl halides is 3. The summed E-state index contributed by atoms with van der Waals surface area (Å²) < 4.78 is 33.8. The van der Waals surface area contributed by atoms with Crippen molar-refractivity contribution >= 4 is 11.9 Å². The molecule has 3 aromatic rings. The van der Waals surface area contributed by atoms with Gasteiger partial charge >= 0.3 is 12.1 Å². The second-order valence-corrected chi connectivity index (χ2v) is 8.14. The van der Waals surface area contributed by atoms with E-state index in [1.165, 1.54) is 17.9 Å². The minimum atomic E-state index is -5.08. The van der Waals surface area contributed by atoms with E-state index in [0.29, 0.717) is 30.6 Å². The summed E-state index contributed by atoms with van der Waals surface area (Å²) >= 11 is 0. The van der Waals surface area contributed by atoms with Gasteiger partial charge in [0.05, 0.1) is 13.2 Å². The number of hydrogen-bond acceptors (Lipinski definition) is 6. The van der Waals surface area contributed by atoms with E-state index < -0.39 is 12.1 Å². The first-order valence-corrected chi connectivity index (χ1v) is 10.9. The number of hydrogen-bond donors (Lipinski definition) is 1. The molecule has 1 aliphatic carbocycles. The molecule has 0 aromatic carbocycles. The second kappa shape index (κ2) is 10.2. The third-order valence-corrected chi connectivity index (χ3v) is 5.39. The molecule has 1 saturated carbocycles. The third-order valence-electron chi connectivity index (χ3n) is 5.39. The standard InChI is InChI=1S/C21H21N5O2.C2HF3O2/c27-21(26-7-2-8-28-26)19-9-17(14-25(19)13-15-4-5-15)18-11-23-20(24-12-18)16-3-1-6-22-10-16;3-2(4,5)1(6)7/h1,3,6,9-12,14-15H,2,4-5,7-8,13H2;(H,6,7). The van der Waals surface area contributed by atoms with E-state index in [-0.39, 0.29) is 5.91 Å². The summed E-state index contributed by atoms with van der Waals surface area (Å²) in [5, 5.41) is 8.60. The predicted octanol–water partition coefficient (Wildman–Crippen LogP) is 3.83. The molecule has 0 atom stereocenters. The number of rotatable bonds is 5. The highest BCUT2D eigenvalue weighted by Gasteiger charge is 2.38. The van der Waals surface area contributed by atoms with Gasteiger partial charge in [-0.3, -0.25) is 14.6 Å². The fourth-order valence-electron chi connectivity index (χ4n) is 3.43. The van der Waals surface area contributed by atoms with Gasteiger partial charge < -0.3 is 9.67 Å². The normalized spacial score (nSPS) is 15.5. The number of amides is 1. The molecular formula is C23H22F3N5O4. The molecule has 5 rings (SSSR count). The summed E-state index contributed by atoms with van der Waals surface area (Å²) in [7, 11) is 0. The first-order chi connectivity index (χ1) is 16.7. The molecule has 0 radical (unpaired) electrons. The van der Waals surface area contributed by atoms with Crippen LogP contribution >= 0.6 is 0 Å². The van der Waals surface area contributed by atoms with Gasteiger partial charge in [0, 0.05) is 54.2 Å². The van der Waals surface area contributed by atoms with Crippen molar-refractivity contribution in [2.24, 2.45) is 5.92 Å². The first-order valence-electron chi connectivity index (χ1n) is 10.9. The van der Waals surface area contributed by atoms with Crippen molar-refractivity contribution in [3.05, 3.63) is 54.9 Å². The Morgan fingerprint density at radius 2 is 1.83 bits per heavy atom. The number of nitrogens with zero attached hydrogens (tertiary/aromatic N) is 5. The highest BCUT2D eigenvalue weighted by atomic mass is 19.4. The molecule has 2 fully saturated rings. The summed E-state index contributed by atoms with van der Waals surface area (Å²) in [4.78, 5) is 40.3. The predicted molar refractivity (Wildman–Crippen MR) is 117 cm³/mol. The topological polar surface area (TPSA) is 110 Å². The molecule has 3 aromatic heterocycles. The highest BCUT2D eigenvalue weighted by molar-refractivity contribution is 5.93. The molecule has 0 bridgehead atoms. The Morgan fingerprint density at radius 3 is 2.37 bits per heavy atom. The van der Waals surface area contributed by atoms with Crippen molar-refractivity contribution in [2.75, 3.05) is 13.2 Å². The number of carboxylic acid groups (broad SMARTS) is 1. The van der Waals surface area contributed by atoms with E-state index in [9.17, 15) is 18.0 Å². The van der Waals surface area contributed by atoms with Gasteiger partial charge in [0.2, 0.25) is 0 Å². The number of carbonyl (C=O) groups excluding carboxylic acids is 1. The van der Waals surface area contributed by atoms with Crippen LogP contribution in [-0.4, -0.2) is 60.9 Å². The van der Waals surface area contributed by atoms with Crippen LogP contribution in [-0.2, 0) is 16.2 Å². The van der Waals surface area contributed by atoms with Gasteiger partial charge in [-0.25, -0.2) is 19.8 Å². The van der Waals surface area contributed by atoms with Crippen molar-refractivity contribution in [3.63, 3.8) is 0 Å². The van der Waals surface area contributed by atoms with Gasteiger partial charge in [-0.1, -0.05) is 0 Å². The van der Waals surface area contributed by atoms with E-state index in [2.05, 4.69) is 19.5 Å². The van der Waals surface area contributed by atoms with E-state index in [1.54, 1.807) is 24.8 Å². The summed E-state index contributed by atoms with van der Waals surface area (Å²) in [6.07, 6.45) is 7.35. The first kappa shape index (κ1) is 24.3.